The second kappa shape index (κ2) is 7.86. The maximum atomic E-state index is 15.3. The molecule has 162 valence electrons. The number of carboxylic acids is 1. The number of nitrogens with zero attached hydrogens (tertiary/aromatic N) is 3. The van der Waals surface area contributed by atoms with E-state index in [1.54, 1.807) is 4.57 Å². The van der Waals surface area contributed by atoms with E-state index < -0.39 is 17.2 Å². The van der Waals surface area contributed by atoms with Crippen LogP contribution in [0.5, 0.6) is 5.75 Å². The van der Waals surface area contributed by atoms with Gasteiger partial charge in [-0.1, -0.05) is 0 Å². The van der Waals surface area contributed by atoms with Gasteiger partial charge in [0.15, 0.2) is 11.6 Å². The first kappa shape index (κ1) is 20.6. The number of halogens is 1. The van der Waals surface area contributed by atoms with Gasteiger partial charge in [0.05, 0.1) is 25.1 Å². The highest BCUT2D eigenvalue weighted by Crippen LogP contribution is 2.44. The number of rotatable bonds is 7. The minimum Gasteiger partial charge on any atom is -0.492 e. The van der Waals surface area contributed by atoms with Crippen LogP contribution in [0.25, 0.3) is 10.9 Å². The van der Waals surface area contributed by atoms with E-state index >= 15 is 4.39 Å². The number of hydrazine groups is 1. The van der Waals surface area contributed by atoms with Crippen molar-refractivity contribution in [1.29, 1.82) is 0 Å². The van der Waals surface area contributed by atoms with Crippen molar-refractivity contribution in [2.24, 2.45) is 11.8 Å². The SMILES string of the molecule is COc1c(N2CCC(CN(N)OC)C2)c(F)cc2c(=O)c(C(=O)O)cn(C3CC3)c12. The van der Waals surface area contributed by atoms with Gasteiger partial charge in [0.25, 0.3) is 0 Å². The number of benzene rings is 1. The molecule has 1 saturated heterocycles. The molecule has 2 heterocycles. The van der Waals surface area contributed by atoms with Crippen molar-refractivity contribution in [3.8, 4) is 5.75 Å². The molecule has 1 aliphatic carbocycles. The number of methoxy groups -OCH3 is 1. The molecular weight excluding hydrogens is 395 g/mol. The smallest absolute Gasteiger partial charge is 0.341 e. The number of carbonyl (C=O) groups is 1. The zero-order valence-electron chi connectivity index (χ0n) is 16.9. The summed E-state index contributed by atoms with van der Waals surface area (Å²) in [7, 11) is 2.92. The van der Waals surface area contributed by atoms with Crippen LogP contribution in [0.15, 0.2) is 17.1 Å². The van der Waals surface area contributed by atoms with Gasteiger partial charge in [-0.25, -0.2) is 15.0 Å². The molecule has 0 amide bonds. The van der Waals surface area contributed by atoms with E-state index in [9.17, 15) is 14.7 Å². The van der Waals surface area contributed by atoms with Crippen LogP contribution in [0, 0.1) is 11.7 Å². The molecule has 1 unspecified atom stereocenters. The lowest BCUT2D eigenvalue weighted by Crippen LogP contribution is -2.35. The third kappa shape index (κ3) is 3.51. The number of fused-ring (bicyclic) bond motifs is 1. The van der Waals surface area contributed by atoms with Crippen molar-refractivity contribution >= 4 is 22.6 Å². The summed E-state index contributed by atoms with van der Waals surface area (Å²) in [6.07, 6.45) is 3.88. The summed E-state index contributed by atoms with van der Waals surface area (Å²) in [4.78, 5) is 31.2. The van der Waals surface area contributed by atoms with E-state index in [1.165, 1.54) is 25.6 Å². The zero-order chi connectivity index (χ0) is 21.6. The summed E-state index contributed by atoms with van der Waals surface area (Å²) in [5.74, 6) is 4.21. The van der Waals surface area contributed by atoms with Crippen molar-refractivity contribution in [2.75, 3.05) is 38.8 Å². The molecule has 0 spiro atoms. The molecule has 2 aromatic rings. The number of anilines is 1. The summed E-state index contributed by atoms with van der Waals surface area (Å²) in [5.41, 5.74) is -0.360. The van der Waals surface area contributed by atoms with Crippen molar-refractivity contribution in [1.82, 2.24) is 9.74 Å². The number of nitrogens with two attached hydrogens (primary N) is 1. The molecular formula is C20H25FN4O5. The number of hydrogen-bond donors (Lipinski definition) is 2. The van der Waals surface area contributed by atoms with Gasteiger partial charge < -0.3 is 19.3 Å². The van der Waals surface area contributed by atoms with E-state index in [1.807, 2.05) is 4.90 Å². The number of pyridine rings is 1. The number of ether oxygens (including phenoxy) is 1. The minimum atomic E-state index is -1.33. The zero-order valence-corrected chi connectivity index (χ0v) is 16.9. The molecule has 1 atom stereocenters. The fraction of sp³-hybridized carbons (Fsp3) is 0.500. The van der Waals surface area contributed by atoms with Gasteiger partial charge in [-0.05, 0) is 31.2 Å². The van der Waals surface area contributed by atoms with Gasteiger partial charge >= 0.3 is 5.97 Å². The first-order valence-electron chi connectivity index (χ1n) is 9.85. The number of aromatic nitrogens is 1. The molecule has 2 aliphatic rings. The van der Waals surface area contributed by atoms with Gasteiger partial charge in [-0.3, -0.25) is 9.63 Å². The summed E-state index contributed by atoms with van der Waals surface area (Å²) < 4.78 is 22.6. The molecule has 0 radical (unpaired) electrons. The quantitative estimate of drug-likeness (QED) is 0.515. The van der Waals surface area contributed by atoms with Crippen molar-refractivity contribution < 1.29 is 23.9 Å². The molecule has 1 aliphatic heterocycles. The van der Waals surface area contributed by atoms with Crippen LogP contribution < -0.4 is 20.9 Å². The second-order valence-electron chi connectivity index (χ2n) is 7.83. The third-order valence-corrected chi connectivity index (χ3v) is 5.85. The Balaban J connectivity index is 1.85. The van der Waals surface area contributed by atoms with Crippen LogP contribution in [0.3, 0.4) is 0 Å². The number of aromatic carboxylic acids is 1. The van der Waals surface area contributed by atoms with Crippen molar-refractivity contribution in [2.45, 2.75) is 25.3 Å². The third-order valence-electron chi connectivity index (χ3n) is 5.85. The molecule has 1 aromatic heterocycles. The highest BCUT2D eigenvalue weighted by molar-refractivity contribution is 5.97. The topological polar surface area (TPSA) is 110 Å². The first-order chi connectivity index (χ1) is 14.3. The largest absolute Gasteiger partial charge is 0.492 e. The van der Waals surface area contributed by atoms with Crippen LogP contribution in [-0.2, 0) is 4.84 Å². The molecule has 4 rings (SSSR count). The van der Waals surface area contributed by atoms with Crippen LogP contribution in [0.2, 0.25) is 0 Å². The van der Waals surface area contributed by atoms with Crippen molar-refractivity contribution in [3.63, 3.8) is 0 Å². The average molecular weight is 420 g/mol. The fourth-order valence-electron chi connectivity index (χ4n) is 4.24. The molecule has 30 heavy (non-hydrogen) atoms. The molecule has 0 bridgehead atoms. The fourth-order valence-corrected chi connectivity index (χ4v) is 4.24. The number of carboxylic acid groups (broad SMARTS) is 1. The Morgan fingerprint density at radius 1 is 1.37 bits per heavy atom. The monoisotopic (exact) mass is 420 g/mol. The minimum absolute atomic E-state index is 0.0168. The highest BCUT2D eigenvalue weighted by Gasteiger charge is 2.33. The highest BCUT2D eigenvalue weighted by atomic mass is 19.1. The predicted molar refractivity (Wildman–Crippen MR) is 108 cm³/mol. The average Bonchev–Trinajstić information content (AvgIpc) is 3.46. The molecule has 1 saturated carbocycles. The van der Waals surface area contributed by atoms with Gasteiger partial charge in [0.2, 0.25) is 5.43 Å². The van der Waals surface area contributed by atoms with Gasteiger partial charge in [0, 0.05) is 31.9 Å². The summed E-state index contributed by atoms with van der Waals surface area (Å²) in [6, 6.07) is 1.20. The van der Waals surface area contributed by atoms with Crippen LogP contribution in [0.4, 0.5) is 10.1 Å². The summed E-state index contributed by atoms with van der Waals surface area (Å²) in [5, 5.41) is 10.7. The molecule has 3 N–H and O–H groups in total. The Morgan fingerprint density at radius 3 is 2.70 bits per heavy atom. The van der Waals surface area contributed by atoms with E-state index in [0.29, 0.717) is 25.2 Å². The van der Waals surface area contributed by atoms with Gasteiger partial charge in [0.1, 0.15) is 11.3 Å². The van der Waals surface area contributed by atoms with E-state index in [-0.39, 0.29) is 34.3 Å². The van der Waals surface area contributed by atoms with Crippen LogP contribution in [0.1, 0.15) is 35.7 Å². The van der Waals surface area contributed by atoms with E-state index in [4.69, 9.17) is 15.4 Å². The lowest BCUT2D eigenvalue weighted by Gasteiger charge is -2.25. The normalized spacial score (nSPS) is 19.1. The Morgan fingerprint density at radius 2 is 2.10 bits per heavy atom. The van der Waals surface area contributed by atoms with E-state index in [0.717, 1.165) is 25.3 Å². The second-order valence-corrected chi connectivity index (χ2v) is 7.83. The van der Waals surface area contributed by atoms with E-state index in [2.05, 4.69) is 0 Å². The Bertz CT molecular complexity index is 1050. The molecule has 10 heteroatoms. The van der Waals surface area contributed by atoms with Gasteiger partial charge in [-0.2, -0.15) is 0 Å². The van der Waals surface area contributed by atoms with Crippen LogP contribution in [-0.4, -0.2) is 54.7 Å². The summed E-state index contributed by atoms with van der Waals surface area (Å²) in [6.45, 7) is 1.65. The van der Waals surface area contributed by atoms with Gasteiger partial charge in [-0.15, -0.1) is 5.17 Å². The standard InChI is InChI=1S/C20H25FN4O5/c1-29-19-16-13(18(26)14(20(27)28)10-24(16)12-3-4-12)7-15(21)17(19)23-6-5-11(8-23)9-25(22)30-2/h7,10-12H,3-6,8-9,22H2,1-2H3,(H,27,28). The molecule has 2 fully saturated rings. The molecule has 1 aromatic carbocycles. The maximum absolute atomic E-state index is 15.3. The predicted octanol–water partition coefficient (Wildman–Crippen LogP) is 1.75. The number of hydroxylamine groups is 1. The lowest BCUT2D eigenvalue weighted by molar-refractivity contribution is -0.140. The first-order valence-corrected chi connectivity index (χ1v) is 9.85. The van der Waals surface area contributed by atoms with Crippen molar-refractivity contribution in [3.05, 3.63) is 33.9 Å². The Labute approximate surface area is 172 Å². The lowest BCUT2D eigenvalue weighted by atomic mass is 10.1. The molecule has 9 nitrogen and oxygen atoms in total. The summed E-state index contributed by atoms with van der Waals surface area (Å²) >= 11 is 0. The Hall–Kier alpha value is -2.69. The van der Waals surface area contributed by atoms with Crippen LogP contribution >= 0.6 is 0 Å². The Kier molecular flexibility index (Phi) is 5.39. The maximum Gasteiger partial charge on any atom is 0.341 e. The number of hydrogen-bond acceptors (Lipinski definition) is 7.